The second kappa shape index (κ2) is 3.05. The molecule has 0 aromatic rings. The quantitative estimate of drug-likeness (QED) is 0.544. The van der Waals surface area contributed by atoms with Gasteiger partial charge in [-0.3, -0.25) is 5.32 Å². The van der Waals surface area contributed by atoms with Crippen molar-refractivity contribution in [1.82, 2.24) is 5.32 Å². The first-order valence-corrected chi connectivity index (χ1v) is 3.19. The number of rotatable bonds is 1. The molecule has 1 aliphatic rings. The molecule has 0 bridgehead atoms. The van der Waals surface area contributed by atoms with Gasteiger partial charge in [-0.25, -0.2) is 0 Å². The van der Waals surface area contributed by atoms with Crippen molar-refractivity contribution in [3.63, 3.8) is 0 Å². The van der Waals surface area contributed by atoms with Crippen LogP contribution in [0.1, 0.15) is 19.3 Å². The van der Waals surface area contributed by atoms with Crippen LogP contribution in [0.4, 0.5) is 0 Å². The number of hydrogen-bond acceptors (Lipinski definition) is 2. The Bertz CT molecular complexity index is 59.5. The molecule has 0 aliphatic carbocycles. The third-order valence-corrected chi connectivity index (χ3v) is 1.55. The van der Waals surface area contributed by atoms with E-state index in [9.17, 15) is 0 Å². The first-order chi connectivity index (χ1) is 3.93. The predicted octanol–water partition coefficient (Wildman–Crippen LogP) is 0.732. The molecule has 0 saturated carbocycles. The van der Waals surface area contributed by atoms with Gasteiger partial charge in [-0.05, 0) is 25.8 Å². The summed E-state index contributed by atoms with van der Waals surface area (Å²) in [6.45, 7) is 1.12. The Morgan fingerprint density at radius 1 is 1.50 bits per heavy atom. The molecule has 1 N–H and O–H groups in total. The number of hydrogen-bond donors (Lipinski definition) is 1. The maximum atomic E-state index is 5.08. The van der Waals surface area contributed by atoms with Crippen LogP contribution in [0.3, 0.4) is 0 Å². The van der Waals surface area contributed by atoms with Crippen LogP contribution < -0.4 is 5.32 Å². The van der Waals surface area contributed by atoms with Crippen LogP contribution in [0.2, 0.25) is 0 Å². The third kappa shape index (κ3) is 1.46. The molecule has 48 valence electrons. The lowest BCUT2D eigenvalue weighted by Gasteiger charge is -2.21. The lowest BCUT2D eigenvalue weighted by molar-refractivity contribution is 0.0524. The smallest absolute Gasteiger partial charge is 0.107 e. The minimum Gasteiger partial charge on any atom is -0.367 e. The van der Waals surface area contributed by atoms with Crippen LogP contribution in [-0.2, 0) is 4.74 Å². The second-order valence-electron chi connectivity index (χ2n) is 2.17. The van der Waals surface area contributed by atoms with Crippen LogP contribution in [0.15, 0.2) is 0 Å². The van der Waals surface area contributed by atoms with E-state index in [1.807, 2.05) is 0 Å². The van der Waals surface area contributed by atoms with Gasteiger partial charge in [0.05, 0.1) is 0 Å². The van der Waals surface area contributed by atoms with Crippen molar-refractivity contribution in [2.75, 3.05) is 13.7 Å². The fraction of sp³-hybridized carbons (Fsp3) is 1.00. The Labute approximate surface area is 50.2 Å². The van der Waals surface area contributed by atoms with Crippen molar-refractivity contribution in [2.24, 2.45) is 0 Å². The molecule has 0 spiro atoms. The maximum absolute atomic E-state index is 5.08. The van der Waals surface area contributed by atoms with Gasteiger partial charge in [-0.15, -0.1) is 0 Å². The topological polar surface area (TPSA) is 21.3 Å². The Balaban J connectivity index is 2.13. The SMILES string of the molecule is COC1CCCCN1. The van der Waals surface area contributed by atoms with Crippen LogP contribution in [0.5, 0.6) is 0 Å². The molecule has 2 heteroatoms. The molecule has 0 amide bonds. The zero-order chi connectivity index (χ0) is 5.82. The molecule has 1 rings (SSSR count). The summed E-state index contributed by atoms with van der Waals surface area (Å²) in [5.74, 6) is 0. The van der Waals surface area contributed by atoms with Crippen molar-refractivity contribution >= 4 is 0 Å². The number of ether oxygens (including phenoxy) is 1. The summed E-state index contributed by atoms with van der Waals surface area (Å²) >= 11 is 0. The molecule has 1 unspecified atom stereocenters. The van der Waals surface area contributed by atoms with Crippen LogP contribution in [-0.4, -0.2) is 19.9 Å². The van der Waals surface area contributed by atoms with Crippen LogP contribution in [0.25, 0.3) is 0 Å². The highest BCUT2D eigenvalue weighted by Crippen LogP contribution is 2.05. The van der Waals surface area contributed by atoms with E-state index in [2.05, 4.69) is 5.32 Å². The lowest BCUT2D eigenvalue weighted by atomic mass is 10.1. The zero-order valence-electron chi connectivity index (χ0n) is 5.31. The van der Waals surface area contributed by atoms with E-state index in [1.165, 1.54) is 19.3 Å². The zero-order valence-corrected chi connectivity index (χ0v) is 5.31. The minimum atomic E-state index is 0.337. The molecule has 0 radical (unpaired) electrons. The molecule has 1 atom stereocenters. The summed E-state index contributed by atoms with van der Waals surface area (Å²) in [5, 5.41) is 3.25. The molecule has 1 saturated heterocycles. The van der Waals surface area contributed by atoms with Crippen LogP contribution in [0, 0.1) is 0 Å². The third-order valence-electron chi connectivity index (χ3n) is 1.55. The monoisotopic (exact) mass is 115 g/mol. The highest BCUT2D eigenvalue weighted by atomic mass is 16.5. The Morgan fingerprint density at radius 3 is 2.75 bits per heavy atom. The first kappa shape index (κ1) is 6.05. The highest BCUT2D eigenvalue weighted by Gasteiger charge is 2.09. The van der Waals surface area contributed by atoms with Gasteiger partial charge in [0.2, 0.25) is 0 Å². The van der Waals surface area contributed by atoms with Gasteiger partial charge >= 0.3 is 0 Å². The molecule has 1 heterocycles. The van der Waals surface area contributed by atoms with E-state index in [4.69, 9.17) is 4.74 Å². The summed E-state index contributed by atoms with van der Waals surface area (Å²) < 4.78 is 5.08. The maximum Gasteiger partial charge on any atom is 0.107 e. The average Bonchev–Trinajstić information content (AvgIpc) is 1.90. The predicted molar refractivity (Wildman–Crippen MR) is 32.7 cm³/mol. The van der Waals surface area contributed by atoms with Gasteiger partial charge < -0.3 is 4.74 Å². The summed E-state index contributed by atoms with van der Waals surface area (Å²) in [7, 11) is 1.75. The van der Waals surface area contributed by atoms with E-state index in [1.54, 1.807) is 7.11 Å². The van der Waals surface area contributed by atoms with Crippen molar-refractivity contribution in [3.8, 4) is 0 Å². The van der Waals surface area contributed by atoms with Gasteiger partial charge in [-0.1, -0.05) is 0 Å². The van der Waals surface area contributed by atoms with E-state index >= 15 is 0 Å². The van der Waals surface area contributed by atoms with E-state index in [-0.39, 0.29) is 0 Å². The van der Waals surface area contributed by atoms with Gasteiger partial charge in [0.1, 0.15) is 6.23 Å². The number of methoxy groups -OCH3 is 1. The van der Waals surface area contributed by atoms with E-state index < -0.39 is 0 Å². The number of piperidine rings is 1. The average molecular weight is 115 g/mol. The fourth-order valence-electron chi connectivity index (χ4n) is 1.02. The lowest BCUT2D eigenvalue weighted by Crippen LogP contribution is -2.35. The Kier molecular flexibility index (Phi) is 2.30. The molecule has 8 heavy (non-hydrogen) atoms. The van der Waals surface area contributed by atoms with Gasteiger partial charge in [0, 0.05) is 7.11 Å². The van der Waals surface area contributed by atoms with Gasteiger partial charge in [-0.2, -0.15) is 0 Å². The van der Waals surface area contributed by atoms with Crippen LogP contribution >= 0.6 is 0 Å². The van der Waals surface area contributed by atoms with Crippen molar-refractivity contribution in [3.05, 3.63) is 0 Å². The molecule has 0 aromatic heterocycles. The fourth-order valence-corrected chi connectivity index (χ4v) is 1.02. The second-order valence-corrected chi connectivity index (χ2v) is 2.17. The molecular formula is C6H13NO. The van der Waals surface area contributed by atoms with Crippen molar-refractivity contribution in [2.45, 2.75) is 25.5 Å². The molecule has 1 fully saturated rings. The molecule has 1 aliphatic heterocycles. The molecule has 2 nitrogen and oxygen atoms in total. The highest BCUT2D eigenvalue weighted by molar-refractivity contribution is 4.62. The number of nitrogens with one attached hydrogen (secondary N) is 1. The molecular weight excluding hydrogens is 102 g/mol. The van der Waals surface area contributed by atoms with Crippen molar-refractivity contribution in [1.29, 1.82) is 0 Å². The van der Waals surface area contributed by atoms with Gasteiger partial charge in [0.15, 0.2) is 0 Å². The normalized spacial score (nSPS) is 30.4. The summed E-state index contributed by atoms with van der Waals surface area (Å²) in [5.41, 5.74) is 0. The summed E-state index contributed by atoms with van der Waals surface area (Å²) in [4.78, 5) is 0. The summed E-state index contributed by atoms with van der Waals surface area (Å²) in [6.07, 6.45) is 4.13. The van der Waals surface area contributed by atoms with Gasteiger partial charge in [0.25, 0.3) is 0 Å². The van der Waals surface area contributed by atoms with Crippen molar-refractivity contribution < 1.29 is 4.74 Å². The Hall–Kier alpha value is -0.0800. The standard InChI is InChI=1S/C6H13NO/c1-8-6-4-2-3-5-7-6/h6-7H,2-5H2,1H3. The minimum absolute atomic E-state index is 0.337. The first-order valence-electron chi connectivity index (χ1n) is 3.19. The largest absolute Gasteiger partial charge is 0.367 e. The Morgan fingerprint density at radius 2 is 2.38 bits per heavy atom. The molecule has 0 aromatic carbocycles. The van der Waals surface area contributed by atoms with E-state index in [0.717, 1.165) is 6.54 Å². The summed E-state index contributed by atoms with van der Waals surface area (Å²) in [6, 6.07) is 0. The van der Waals surface area contributed by atoms with E-state index in [0.29, 0.717) is 6.23 Å².